The number of aromatic nitrogens is 2. The van der Waals surface area contributed by atoms with E-state index >= 15 is 0 Å². The van der Waals surface area contributed by atoms with E-state index in [4.69, 9.17) is 11.6 Å². The van der Waals surface area contributed by atoms with Gasteiger partial charge in [0.2, 0.25) is 0 Å². The Balaban J connectivity index is 2.44. The molecule has 0 aliphatic heterocycles. The van der Waals surface area contributed by atoms with Crippen molar-refractivity contribution in [1.82, 2.24) is 9.78 Å². The van der Waals surface area contributed by atoms with Gasteiger partial charge in [0.25, 0.3) is 0 Å². The summed E-state index contributed by atoms with van der Waals surface area (Å²) in [4.78, 5) is 0. The van der Waals surface area contributed by atoms with Crippen molar-refractivity contribution >= 4 is 11.6 Å². The molecule has 0 unspecified atom stereocenters. The average Bonchev–Trinajstić information content (AvgIpc) is 2.64. The fraction of sp³-hybridized carbons (Fsp3) is 0.571. The lowest BCUT2D eigenvalue weighted by molar-refractivity contribution is 0.714. The molecule has 0 aromatic carbocycles. The van der Waals surface area contributed by atoms with Crippen molar-refractivity contribution < 1.29 is 0 Å². The molecule has 10 heavy (non-hydrogen) atoms. The fourth-order valence-electron chi connectivity index (χ4n) is 1.24. The molecule has 54 valence electrons. The molecule has 1 fully saturated rings. The van der Waals surface area contributed by atoms with Gasteiger partial charge in [0.1, 0.15) is 0 Å². The van der Waals surface area contributed by atoms with Crippen molar-refractivity contribution in [3.63, 3.8) is 0 Å². The number of rotatable bonds is 1. The third-order valence-electron chi connectivity index (χ3n) is 1.90. The summed E-state index contributed by atoms with van der Waals surface area (Å²) in [6, 6.07) is 0. The standard InChI is InChI=1S/C7H9ClN2/c1-10-7(5-2-3-5)6(8)4-9-10/h4-5H,2-3H2,1H3. The predicted molar refractivity (Wildman–Crippen MR) is 40.2 cm³/mol. The summed E-state index contributed by atoms with van der Waals surface area (Å²) >= 11 is 5.90. The fourth-order valence-corrected chi connectivity index (χ4v) is 1.56. The third kappa shape index (κ3) is 0.833. The van der Waals surface area contributed by atoms with Gasteiger partial charge in [-0.25, -0.2) is 0 Å². The number of hydrogen-bond donors (Lipinski definition) is 0. The first kappa shape index (κ1) is 6.23. The maximum atomic E-state index is 5.90. The summed E-state index contributed by atoms with van der Waals surface area (Å²) in [5.41, 5.74) is 1.21. The van der Waals surface area contributed by atoms with Crippen LogP contribution in [-0.4, -0.2) is 9.78 Å². The van der Waals surface area contributed by atoms with Gasteiger partial charge in [-0.1, -0.05) is 11.6 Å². The van der Waals surface area contributed by atoms with E-state index in [0.717, 1.165) is 5.02 Å². The van der Waals surface area contributed by atoms with Gasteiger partial charge in [-0.15, -0.1) is 0 Å². The molecule has 3 heteroatoms. The summed E-state index contributed by atoms with van der Waals surface area (Å²) < 4.78 is 1.88. The number of nitrogens with zero attached hydrogens (tertiary/aromatic N) is 2. The van der Waals surface area contributed by atoms with Crippen LogP contribution in [0.25, 0.3) is 0 Å². The minimum atomic E-state index is 0.694. The Morgan fingerprint density at radius 2 is 2.40 bits per heavy atom. The van der Waals surface area contributed by atoms with Gasteiger partial charge in [0, 0.05) is 13.0 Å². The quantitative estimate of drug-likeness (QED) is 0.608. The molecule has 1 aliphatic rings. The Morgan fingerprint density at radius 3 is 2.80 bits per heavy atom. The maximum absolute atomic E-state index is 5.90. The zero-order valence-electron chi connectivity index (χ0n) is 5.84. The molecule has 1 heterocycles. The zero-order valence-corrected chi connectivity index (χ0v) is 6.60. The van der Waals surface area contributed by atoms with E-state index in [0.29, 0.717) is 5.92 Å². The van der Waals surface area contributed by atoms with Crippen molar-refractivity contribution in [1.29, 1.82) is 0 Å². The molecular weight excluding hydrogens is 148 g/mol. The van der Waals surface area contributed by atoms with Crippen LogP contribution in [0.5, 0.6) is 0 Å². The number of halogens is 1. The normalized spacial score (nSPS) is 17.8. The Hall–Kier alpha value is -0.500. The second kappa shape index (κ2) is 1.99. The molecule has 2 rings (SSSR count). The van der Waals surface area contributed by atoms with E-state index in [9.17, 15) is 0 Å². The molecule has 0 bridgehead atoms. The van der Waals surface area contributed by atoms with Crippen LogP contribution in [0.4, 0.5) is 0 Å². The van der Waals surface area contributed by atoms with Crippen LogP contribution in [0.15, 0.2) is 6.20 Å². The van der Waals surface area contributed by atoms with Crippen LogP contribution in [0.1, 0.15) is 24.5 Å². The lowest BCUT2D eigenvalue weighted by atomic mass is 10.3. The van der Waals surface area contributed by atoms with Crippen LogP contribution in [0.2, 0.25) is 5.02 Å². The number of aryl methyl sites for hydroxylation is 1. The topological polar surface area (TPSA) is 17.8 Å². The zero-order chi connectivity index (χ0) is 7.14. The van der Waals surface area contributed by atoms with Gasteiger partial charge in [-0.05, 0) is 12.8 Å². The molecule has 0 N–H and O–H groups in total. The molecule has 2 nitrogen and oxygen atoms in total. The van der Waals surface area contributed by atoms with Gasteiger partial charge in [-0.2, -0.15) is 5.10 Å². The first-order chi connectivity index (χ1) is 4.79. The van der Waals surface area contributed by atoms with Crippen LogP contribution in [-0.2, 0) is 7.05 Å². The van der Waals surface area contributed by atoms with Gasteiger partial charge in [0.15, 0.2) is 0 Å². The predicted octanol–water partition coefficient (Wildman–Crippen LogP) is 1.95. The molecule has 1 saturated carbocycles. The SMILES string of the molecule is Cn1ncc(Cl)c1C1CC1. The summed E-state index contributed by atoms with van der Waals surface area (Å²) in [5, 5.41) is 4.89. The first-order valence-corrected chi connectivity index (χ1v) is 3.84. The first-order valence-electron chi connectivity index (χ1n) is 3.46. The van der Waals surface area contributed by atoms with Gasteiger partial charge in [-0.3, -0.25) is 4.68 Å². The molecule has 0 atom stereocenters. The van der Waals surface area contributed by atoms with Crippen LogP contribution in [0.3, 0.4) is 0 Å². The van der Waals surface area contributed by atoms with E-state index < -0.39 is 0 Å². The second-order valence-corrected chi connectivity index (χ2v) is 3.18. The van der Waals surface area contributed by atoms with E-state index in [-0.39, 0.29) is 0 Å². The molecular formula is C7H9ClN2. The van der Waals surface area contributed by atoms with E-state index in [2.05, 4.69) is 5.10 Å². The number of hydrogen-bond acceptors (Lipinski definition) is 1. The van der Waals surface area contributed by atoms with Gasteiger partial charge in [0.05, 0.1) is 16.9 Å². The van der Waals surface area contributed by atoms with E-state index in [1.165, 1.54) is 18.5 Å². The molecule has 0 radical (unpaired) electrons. The summed E-state index contributed by atoms with van der Waals surface area (Å²) in [5.74, 6) is 0.694. The van der Waals surface area contributed by atoms with Crippen molar-refractivity contribution in [2.75, 3.05) is 0 Å². The Kier molecular flexibility index (Phi) is 1.24. The highest BCUT2D eigenvalue weighted by atomic mass is 35.5. The second-order valence-electron chi connectivity index (χ2n) is 2.78. The Labute approximate surface area is 64.8 Å². The van der Waals surface area contributed by atoms with E-state index in [1.807, 2.05) is 11.7 Å². The van der Waals surface area contributed by atoms with Crippen LogP contribution in [0, 0.1) is 0 Å². The van der Waals surface area contributed by atoms with E-state index in [1.54, 1.807) is 6.20 Å². The average molecular weight is 157 g/mol. The monoisotopic (exact) mass is 156 g/mol. The highest BCUT2D eigenvalue weighted by molar-refractivity contribution is 6.31. The van der Waals surface area contributed by atoms with Gasteiger partial charge < -0.3 is 0 Å². The van der Waals surface area contributed by atoms with Crippen LogP contribution >= 0.6 is 11.6 Å². The smallest absolute Gasteiger partial charge is 0.0820 e. The maximum Gasteiger partial charge on any atom is 0.0820 e. The molecule has 0 spiro atoms. The molecule has 1 aromatic rings. The molecule has 1 aromatic heterocycles. The highest BCUT2D eigenvalue weighted by Gasteiger charge is 2.28. The lowest BCUT2D eigenvalue weighted by Gasteiger charge is -1.97. The Bertz CT molecular complexity index is 231. The van der Waals surface area contributed by atoms with Crippen molar-refractivity contribution in [2.45, 2.75) is 18.8 Å². The largest absolute Gasteiger partial charge is 0.271 e. The Morgan fingerprint density at radius 1 is 1.70 bits per heavy atom. The summed E-state index contributed by atoms with van der Waals surface area (Å²) in [6.45, 7) is 0. The molecule has 1 aliphatic carbocycles. The molecule has 0 amide bonds. The highest BCUT2D eigenvalue weighted by Crippen LogP contribution is 2.42. The molecule has 0 saturated heterocycles. The van der Waals surface area contributed by atoms with Crippen molar-refractivity contribution in [3.05, 3.63) is 16.9 Å². The van der Waals surface area contributed by atoms with Gasteiger partial charge >= 0.3 is 0 Å². The van der Waals surface area contributed by atoms with Crippen molar-refractivity contribution in [3.8, 4) is 0 Å². The lowest BCUT2D eigenvalue weighted by Crippen LogP contribution is -1.95. The summed E-state index contributed by atoms with van der Waals surface area (Å²) in [7, 11) is 1.94. The van der Waals surface area contributed by atoms with Crippen molar-refractivity contribution in [2.24, 2.45) is 7.05 Å². The van der Waals surface area contributed by atoms with Crippen LogP contribution < -0.4 is 0 Å². The minimum absolute atomic E-state index is 0.694. The minimum Gasteiger partial charge on any atom is -0.271 e. The summed E-state index contributed by atoms with van der Waals surface area (Å²) in [6.07, 6.45) is 4.27. The third-order valence-corrected chi connectivity index (χ3v) is 2.19.